The fourth-order valence-electron chi connectivity index (χ4n) is 3.99. The van der Waals surface area contributed by atoms with Crippen LogP contribution in [0.4, 0.5) is 0 Å². The minimum absolute atomic E-state index is 0.177. The smallest absolute Gasteiger partial charge is 0.354 e. The first kappa shape index (κ1) is 18.7. The van der Waals surface area contributed by atoms with Crippen molar-refractivity contribution in [3.8, 4) is 11.1 Å². The van der Waals surface area contributed by atoms with E-state index in [4.69, 9.17) is 5.14 Å². The molecule has 1 aliphatic carbocycles. The predicted molar refractivity (Wildman–Crippen MR) is 101 cm³/mol. The van der Waals surface area contributed by atoms with Crippen molar-refractivity contribution >= 4 is 22.1 Å². The summed E-state index contributed by atoms with van der Waals surface area (Å²) in [6.07, 6.45) is 3.05. The van der Waals surface area contributed by atoms with E-state index in [-0.39, 0.29) is 17.5 Å². The number of carboxylic acids is 1. The molecule has 10 heteroatoms. The van der Waals surface area contributed by atoms with Crippen molar-refractivity contribution in [3.63, 3.8) is 0 Å². The van der Waals surface area contributed by atoms with Crippen LogP contribution in [0.5, 0.6) is 0 Å². The number of carboxylic acid groups (broad SMARTS) is 1. The minimum atomic E-state index is -4.24. The third-order valence-corrected chi connectivity index (χ3v) is 6.33. The fourth-order valence-corrected chi connectivity index (χ4v) is 4.66. The van der Waals surface area contributed by atoms with E-state index in [1.807, 2.05) is 0 Å². The summed E-state index contributed by atoms with van der Waals surface area (Å²) in [6.45, 7) is 2.02. The highest BCUT2D eigenvalue weighted by atomic mass is 32.2. The van der Waals surface area contributed by atoms with Crippen molar-refractivity contribution in [1.29, 1.82) is 0 Å². The molecule has 1 amide bonds. The van der Waals surface area contributed by atoms with Crippen molar-refractivity contribution < 1.29 is 23.1 Å². The van der Waals surface area contributed by atoms with E-state index in [1.54, 1.807) is 24.3 Å². The van der Waals surface area contributed by atoms with Crippen LogP contribution in [-0.2, 0) is 10.2 Å². The molecule has 2 heterocycles. The molecule has 1 saturated heterocycles. The summed E-state index contributed by atoms with van der Waals surface area (Å²) in [7, 11) is -4.24. The summed E-state index contributed by atoms with van der Waals surface area (Å²) in [4.78, 5) is 23.9. The molecular weight excluding hydrogens is 384 g/mol. The van der Waals surface area contributed by atoms with Crippen LogP contribution in [0.25, 0.3) is 11.1 Å². The molecule has 1 saturated carbocycles. The van der Waals surface area contributed by atoms with Gasteiger partial charge in [0.25, 0.3) is 5.91 Å². The van der Waals surface area contributed by atoms with E-state index in [0.717, 1.165) is 32.1 Å². The lowest BCUT2D eigenvalue weighted by atomic mass is 9.61. The predicted octanol–water partition coefficient (Wildman–Crippen LogP) is 0.387. The lowest BCUT2D eigenvalue weighted by Crippen LogP contribution is -2.65. The lowest BCUT2D eigenvalue weighted by molar-refractivity contribution is 0.0232. The zero-order valence-electron chi connectivity index (χ0n) is 14.9. The quantitative estimate of drug-likeness (QED) is 0.567. The van der Waals surface area contributed by atoms with Gasteiger partial charge in [-0.15, -0.1) is 0 Å². The van der Waals surface area contributed by atoms with Crippen molar-refractivity contribution in [2.45, 2.75) is 18.9 Å². The monoisotopic (exact) mass is 404 g/mol. The normalized spacial score (nSPS) is 18.3. The Bertz CT molecular complexity index is 1050. The number of nitrogens with two attached hydrogens (primary N) is 1. The van der Waals surface area contributed by atoms with Gasteiger partial charge in [-0.1, -0.05) is 12.1 Å². The Kier molecular flexibility index (Phi) is 4.29. The maximum atomic E-state index is 12.4. The number of benzene rings is 1. The molecule has 1 aliphatic heterocycles. The number of carbonyl (C=O) groups excluding carboxylic acids is 1. The highest BCUT2D eigenvalue weighted by Gasteiger charge is 2.48. The summed E-state index contributed by atoms with van der Waals surface area (Å²) in [5.74, 6) is -1.60. The van der Waals surface area contributed by atoms with E-state index in [1.165, 1.54) is 6.07 Å². The highest BCUT2D eigenvalue weighted by Crippen LogP contribution is 2.44. The number of hydrogen-bond acceptors (Lipinski definition) is 5. The summed E-state index contributed by atoms with van der Waals surface area (Å²) in [5.41, 5.74) is 1.05. The van der Waals surface area contributed by atoms with Crippen LogP contribution in [0.15, 0.2) is 36.5 Å². The molecule has 1 aromatic heterocycles. The average Bonchev–Trinajstić information content (AvgIpc) is 3.01. The van der Waals surface area contributed by atoms with Gasteiger partial charge in [0.2, 0.25) is 0 Å². The SMILES string of the molecule is NS(=O)(=O)n1ccc(-c2ccc(C(=O)NC3CC4(CNC4)C3)cc2)c1C(=O)O. The number of rotatable bonds is 5. The molecule has 0 radical (unpaired) electrons. The molecule has 2 aromatic rings. The van der Waals surface area contributed by atoms with E-state index in [2.05, 4.69) is 10.6 Å². The Morgan fingerprint density at radius 1 is 1.18 bits per heavy atom. The van der Waals surface area contributed by atoms with Crippen molar-refractivity contribution in [2.75, 3.05) is 13.1 Å². The van der Waals surface area contributed by atoms with Gasteiger partial charge in [0.1, 0.15) is 0 Å². The van der Waals surface area contributed by atoms with Crippen LogP contribution >= 0.6 is 0 Å². The van der Waals surface area contributed by atoms with Crippen LogP contribution in [0.3, 0.4) is 0 Å². The number of nitrogens with one attached hydrogen (secondary N) is 2. The fraction of sp³-hybridized carbons (Fsp3) is 0.333. The number of nitrogens with zero attached hydrogens (tertiary/aromatic N) is 1. The van der Waals surface area contributed by atoms with Crippen molar-refractivity contribution in [2.24, 2.45) is 10.6 Å². The Hall–Kier alpha value is -2.69. The topological polar surface area (TPSA) is 144 Å². The van der Waals surface area contributed by atoms with Crippen molar-refractivity contribution in [1.82, 2.24) is 14.6 Å². The Labute approximate surface area is 161 Å². The number of carbonyl (C=O) groups is 2. The Balaban J connectivity index is 1.51. The van der Waals surface area contributed by atoms with Crippen LogP contribution in [0, 0.1) is 5.41 Å². The van der Waals surface area contributed by atoms with Crippen molar-refractivity contribution in [3.05, 3.63) is 47.8 Å². The molecule has 28 heavy (non-hydrogen) atoms. The van der Waals surface area contributed by atoms with E-state index in [9.17, 15) is 23.1 Å². The number of aromatic nitrogens is 1. The second kappa shape index (κ2) is 6.43. The minimum Gasteiger partial charge on any atom is -0.477 e. The molecule has 0 unspecified atom stereocenters. The number of amides is 1. The molecule has 148 valence electrons. The molecule has 0 atom stereocenters. The van der Waals surface area contributed by atoms with Gasteiger partial charge < -0.3 is 15.7 Å². The first-order valence-electron chi connectivity index (χ1n) is 8.79. The molecule has 1 spiro atoms. The molecule has 1 aromatic carbocycles. The molecule has 4 rings (SSSR count). The molecular formula is C18H20N4O5S. The van der Waals surface area contributed by atoms with Gasteiger partial charge in [0, 0.05) is 36.5 Å². The first-order chi connectivity index (χ1) is 13.2. The Morgan fingerprint density at radius 2 is 1.82 bits per heavy atom. The lowest BCUT2D eigenvalue weighted by Gasteiger charge is -2.54. The van der Waals surface area contributed by atoms with E-state index >= 15 is 0 Å². The molecule has 5 N–H and O–H groups in total. The maximum absolute atomic E-state index is 12.4. The van der Waals surface area contributed by atoms with Crippen LogP contribution in [-0.4, -0.2) is 48.5 Å². The van der Waals surface area contributed by atoms with Crippen LogP contribution in [0.1, 0.15) is 33.7 Å². The van der Waals surface area contributed by atoms with Gasteiger partial charge in [-0.3, -0.25) is 4.79 Å². The molecule has 0 bridgehead atoms. The number of aromatic carboxylic acids is 1. The van der Waals surface area contributed by atoms with E-state index in [0.29, 0.717) is 20.5 Å². The van der Waals surface area contributed by atoms with Crippen LogP contribution < -0.4 is 15.8 Å². The van der Waals surface area contributed by atoms with Gasteiger partial charge in [-0.2, -0.15) is 8.42 Å². The maximum Gasteiger partial charge on any atom is 0.354 e. The zero-order valence-corrected chi connectivity index (χ0v) is 15.7. The van der Waals surface area contributed by atoms with E-state index < -0.39 is 21.9 Å². The third kappa shape index (κ3) is 3.19. The molecule has 2 fully saturated rings. The van der Waals surface area contributed by atoms with Gasteiger partial charge in [0.05, 0.1) is 0 Å². The molecule has 9 nitrogen and oxygen atoms in total. The number of hydrogen-bond donors (Lipinski definition) is 4. The van der Waals surface area contributed by atoms with Crippen LogP contribution in [0.2, 0.25) is 0 Å². The summed E-state index contributed by atoms with van der Waals surface area (Å²) in [6, 6.07) is 7.89. The second-order valence-corrected chi connectivity index (χ2v) is 8.91. The second-order valence-electron chi connectivity index (χ2n) is 7.48. The average molecular weight is 404 g/mol. The van der Waals surface area contributed by atoms with Gasteiger partial charge in [-0.05, 0) is 42.0 Å². The zero-order chi connectivity index (χ0) is 20.1. The van der Waals surface area contributed by atoms with Gasteiger partial charge >= 0.3 is 16.2 Å². The summed E-state index contributed by atoms with van der Waals surface area (Å²) >= 11 is 0. The highest BCUT2D eigenvalue weighted by molar-refractivity contribution is 7.87. The summed E-state index contributed by atoms with van der Waals surface area (Å²) in [5, 5.41) is 20.7. The summed E-state index contributed by atoms with van der Waals surface area (Å²) < 4.78 is 23.7. The van der Waals surface area contributed by atoms with Gasteiger partial charge in [0.15, 0.2) is 5.69 Å². The van der Waals surface area contributed by atoms with Gasteiger partial charge in [-0.25, -0.2) is 13.9 Å². The standard InChI is InChI=1S/C18H20N4O5S/c19-28(26,27)22-6-5-14(15(22)17(24)25)11-1-3-12(4-2-11)16(23)21-13-7-18(8-13)9-20-10-18/h1-6,13,20H,7-10H2,(H,21,23)(H,24,25)(H2,19,26,27). The Morgan fingerprint density at radius 3 is 2.32 bits per heavy atom. The molecule has 2 aliphatic rings. The largest absolute Gasteiger partial charge is 0.477 e. The third-order valence-electron chi connectivity index (χ3n) is 5.48. The first-order valence-corrected chi connectivity index (χ1v) is 10.3.